The summed E-state index contributed by atoms with van der Waals surface area (Å²) in [4.78, 5) is 25.5. The molecule has 28 heavy (non-hydrogen) atoms. The monoisotopic (exact) mass is 385 g/mol. The van der Waals surface area contributed by atoms with E-state index >= 15 is 0 Å². The van der Waals surface area contributed by atoms with Crippen molar-refractivity contribution >= 4 is 17.5 Å². The number of anilines is 2. The highest BCUT2D eigenvalue weighted by Crippen LogP contribution is 2.28. The van der Waals surface area contributed by atoms with Gasteiger partial charge in [0.15, 0.2) is 0 Å². The topological polar surface area (TPSA) is 79.8 Å². The Morgan fingerprint density at radius 3 is 2.68 bits per heavy atom. The summed E-state index contributed by atoms with van der Waals surface area (Å²) in [6, 6.07) is 9.61. The van der Waals surface area contributed by atoms with Crippen LogP contribution in [0.3, 0.4) is 0 Å². The van der Waals surface area contributed by atoms with Gasteiger partial charge in [0.05, 0.1) is 12.8 Å². The molecule has 8 heteroatoms. The van der Waals surface area contributed by atoms with Gasteiger partial charge in [-0.2, -0.15) is 0 Å². The number of carbonyl (C=O) groups is 1. The zero-order valence-corrected chi connectivity index (χ0v) is 16.4. The van der Waals surface area contributed by atoms with Crippen molar-refractivity contribution in [2.75, 3.05) is 63.8 Å². The number of piperazine rings is 1. The molecule has 1 N–H and O–H groups in total. The van der Waals surface area contributed by atoms with E-state index in [0.29, 0.717) is 37.9 Å². The summed E-state index contributed by atoms with van der Waals surface area (Å²) in [6.45, 7) is 4.14. The second-order valence-electron chi connectivity index (χ2n) is 6.49. The van der Waals surface area contributed by atoms with Crippen LogP contribution in [0.2, 0.25) is 0 Å². The first-order valence-corrected chi connectivity index (χ1v) is 9.46. The highest BCUT2D eigenvalue weighted by atomic mass is 16.5. The van der Waals surface area contributed by atoms with Crippen LogP contribution >= 0.6 is 0 Å². The van der Waals surface area contributed by atoms with Crippen LogP contribution < -0.4 is 15.0 Å². The van der Waals surface area contributed by atoms with Crippen LogP contribution in [0.1, 0.15) is 16.9 Å². The normalized spacial score (nSPS) is 14.1. The number of aromatic nitrogens is 2. The summed E-state index contributed by atoms with van der Waals surface area (Å²) < 4.78 is 10.5. The minimum Gasteiger partial charge on any atom is -0.495 e. The average Bonchev–Trinajstić information content (AvgIpc) is 2.76. The van der Waals surface area contributed by atoms with Gasteiger partial charge in [-0.25, -0.2) is 9.97 Å². The van der Waals surface area contributed by atoms with Crippen LogP contribution in [0.5, 0.6) is 5.75 Å². The number of ether oxygens (including phenoxy) is 2. The molecule has 0 spiro atoms. The minimum absolute atomic E-state index is 0.0676. The Balaban J connectivity index is 1.58. The molecule has 3 rings (SSSR count). The summed E-state index contributed by atoms with van der Waals surface area (Å²) in [5.41, 5.74) is 1.47. The molecule has 150 valence electrons. The summed E-state index contributed by atoms with van der Waals surface area (Å²) in [7, 11) is 3.35. The molecule has 1 aromatic heterocycles. The van der Waals surface area contributed by atoms with Crippen LogP contribution in [0, 0.1) is 0 Å². The fraction of sp³-hybridized carbons (Fsp3) is 0.450. The third-order valence-electron chi connectivity index (χ3n) is 4.68. The van der Waals surface area contributed by atoms with Crippen molar-refractivity contribution in [3.63, 3.8) is 0 Å². The number of benzene rings is 1. The molecule has 0 unspecified atom stereocenters. The van der Waals surface area contributed by atoms with Crippen LogP contribution in [-0.2, 0) is 4.74 Å². The van der Waals surface area contributed by atoms with Crippen LogP contribution in [-0.4, -0.2) is 74.3 Å². The first-order chi connectivity index (χ1) is 13.7. The Bertz CT molecular complexity index is 778. The maximum absolute atomic E-state index is 12.8. The van der Waals surface area contributed by atoms with Crippen molar-refractivity contribution < 1.29 is 14.3 Å². The maximum Gasteiger partial charge on any atom is 0.272 e. The second kappa shape index (κ2) is 9.89. The number of rotatable bonds is 8. The first-order valence-electron chi connectivity index (χ1n) is 9.46. The molecule has 1 amide bonds. The van der Waals surface area contributed by atoms with E-state index in [1.54, 1.807) is 26.5 Å². The van der Waals surface area contributed by atoms with Gasteiger partial charge in [-0.3, -0.25) is 4.79 Å². The van der Waals surface area contributed by atoms with E-state index in [-0.39, 0.29) is 5.91 Å². The summed E-state index contributed by atoms with van der Waals surface area (Å²) >= 11 is 0. The van der Waals surface area contributed by atoms with Crippen molar-refractivity contribution in [2.45, 2.75) is 6.42 Å². The smallest absolute Gasteiger partial charge is 0.272 e. The van der Waals surface area contributed by atoms with Crippen molar-refractivity contribution in [1.29, 1.82) is 0 Å². The molecule has 2 aromatic rings. The van der Waals surface area contributed by atoms with Gasteiger partial charge in [-0.1, -0.05) is 12.1 Å². The SMILES string of the molecule is COCCCNc1nccc(C(=O)N2CCN(c3ccccc3OC)CC2)n1. The number of amides is 1. The summed E-state index contributed by atoms with van der Waals surface area (Å²) in [5.74, 6) is 1.25. The summed E-state index contributed by atoms with van der Waals surface area (Å²) in [6.07, 6.45) is 2.47. The van der Waals surface area contributed by atoms with Gasteiger partial charge in [0, 0.05) is 52.6 Å². The van der Waals surface area contributed by atoms with Crippen LogP contribution in [0.4, 0.5) is 11.6 Å². The fourth-order valence-corrected chi connectivity index (χ4v) is 3.18. The number of para-hydroxylation sites is 2. The quantitative estimate of drug-likeness (QED) is 0.695. The third-order valence-corrected chi connectivity index (χ3v) is 4.68. The molecule has 1 aliphatic rings. The number of methoxy groups -OCH3 is 2. The molecule has 2 heterocycles. The van der Waals surface area contributed by atoms with Gasteiger partial charge >= 0.3 is 0 Å². The van der Waals surface area contributed by atoms with Gasteiger partial charge in [0.1, 0.15) is 11.4 Å². The molecule has 1 aliphatic heterocycles. The Morgan fingerprint density at radius 2 is 1.93 bits per heavy atom. The maximum atomic E-state index is 12.8. The minimum atomic E-state index is -0.0676. The number of nitrogens with one attached hydrogen (secondary N) is 1. The average molecular weight is 385 g/mol. The van der Waals surface area contributed by atoms with E-state index in [0.717, 1.165) is 30.9 Å². The predicted octanol–water partition coefficient (Wildman–Crippen LogP) is 1.90. The van der Waals surface area contributed by atoms with Crippen molar-refractivity contribution in [2.24, 2.45) is 0 Å². The van der Waals surface area contributed by atoms with Crippen molar-refractivity contribution in [3.8, 4) is 5.75 Å². The van der Waals surface area contributed by atoms with Gasteiger partial charge in [-0.05, 0) is 24.6 Å². The molecule has 1 saturated heterocycles. The number of hydrogen-bond donors (Lipinski definition) is 1. The van der Waals surface area contributed by atoms with E-state index < -0.39 is 0 Å². The summed E-state index contributed by atoms with van der Waals surface area (Å²) in [5, 5.41) is 3.12. The Kier molecular flexibility index (Phi) is 7.02. The van der Waals surface area contributed by atoms with E-state index in [2.05, 4.69) is 20.2 Å². The zero-order valence-electron chi connectivity index (χ0n) is 16.4. The second-order valence-corrected chi connectivity index (χ2v) is 6.49. The van der Waals surface area contributed by atoms with Gasteiger partial charge in [0.25, 0.3) is 5.91 Å². The Hall–Kier alpha value is -2.87. The predicted molar refractivity (Wildman–Crippen MR) is 108 cm³/mol. The molecular weight excluding hydrogens is 358 g/mol. The lowest BCUT2D eigenvalue weighted by Gasteiger charge is -2.36. The van der Waals surface area contributed by atoms with E-state index in [1.165, 1.54) is 0 Å². The van der Waals surface area contributed by atoms with Crippen molar-refractivity contribution in [3.05, 3.63) is 42.2 Å². The Morgan fingerprint density at radius 1 is 1.14 bits per heavy atom. The molecule has 0 aliphatic carbocycles. The molecule has 1 aromatic carbocycles. The van der Waals surface area contributed by atoms with Gasteiger partial charge in [-0.15, -0.1) is 0 Å². The highest BCUT2D eigenvalue weighted by molar-refractivity contribution is 5.92. The number of hydrogen-bond acceptors (Lipinski definition) is 7. The van der Waals surface area contributed by atoms with Crippen molar-refractivity contribution in [1.82, 2.24) is 14.9 Å². The van der Waals surface area contributed by atoms with Gasteiger partial charge < -0.3 is 24.6 Å². The fourth-order valence-electron chi connectivity index (χ4n) is 3.18. The van der Waals surface area contributed by atoms with Crippen LogP contribution in [0.25, 0.3) is 0 Å². The lowest BCUT2D eigenvalue weighted by Crippen LogP contribution is -2.49. The Labute approximate surface area is 165 Å². The molecule has 8 nitrogen and oxygen atoms in total. The lowest BCUT2D eigenvalue weighted by molar-refractivity contribution is 0.0740. The lowest BCUT2D eigenvalue weighted by atomic mass is 10.2. The highest BCUT2D eigenvalue weighted by Gasteiger charge is 2.24. The molecule has 0 radical (unpaired) electrons. The van der Waals surface area contributed by atoms with E-state index in [4.69, 9.17) is 9.47 Å². The standard InChI is InChI=1S/C20H27N5O3/c1-27-15-5-9-21-20-22-10-8-16(23-20)19(26)25-13-11-24(12-14-25)17-6-3-4-7-18(17)28-2/h3-4,6-8,10H,5,9,11-15H2,1-2H3,(H,21,22,23). The van der Waals surface area contributed by atoms with Crippen LogP contribution in [0.15, 0.2) is 36.5 Å². The number of nitrogens with zero attached hydrogens (tertiary/aromatic N) is 4. The molecule has 0 saturated carbocycles. The molecule has 0 atom stereocenters. The third kappa shape index (κ3) is 4.89. The van der Waals surface area contributed by atoms with Gasteiger partial charge in [0.2, 0.25) is 5.95 Å². The zero-order chi connectivity index (χ0) is 19.8. The molecular formula is C20H27N5O3. The number of carbonyl (C=O) groups excluding carboxylic acids is 1. The molecule has 1 fully saturated rings. The van der Waals surface area contributed by atoms with E-state index in [1.807, 2.05) is 29.2 Å². The molecule has 0 bridgehead atoms. The largest absolute Gasteiger partial charge is 0.495 e. The first kappa shape index (κ1) is 19.9. The van der Waals surface area contributed by atoms with E-state index in [9.17, 15) is 4.79 Å².